The minimum atomic E-state index is -0.669. The maximum atomic E-state index is 11.4. The summed E-state index contributed by atoms with van der Waals surface area (Å²) in [6.45, 7) is 0.729. The van der Waals surface area contributed by atoms with Crippen LogP contribution in [0.5, 0.6) is 11.5 Å². The average Bonchev–Trinajstić information content (AvgIpc) is 3.30. The molecule has 1 aliphatic heterocycles. The predicted octanol–water partition coefficient (Wildman–Crippen LogP) is 3.32. The van der Waals surface area contributed by atoms with Crippen molar-refractivity contribution in [1.82, 2.24) is 4.98 Å². The Kier molecular flexibility index (Phi) is 4.00. The number of phenols is 1. The van der Waals surface area contributed by atoms with E-state index in [1.807, 2.05) is 29.5 Å². The van der Waals surface area contributed by atoms with Gasteiger partial charge in [-0.2, -0.15) is 0 Å². The van der Waals surface area contributed by atoms with Gasteiger partial charge in [0.25, 0.3) is 5.91 Å². The SMILES string of the molecule is CN(c1ccc2c(c1)CCO2)c1nc(-c2ccc(O)c(C(N)=O)c2)cs1. The zero-order valence-corrected chi connectivity index (χ0v) is 14.9. The van der Waals surface area contributed by atoms with Crippen molar-refractivity contribution in [2.75, 3.05) is 18.6 Å². The third-order valence-electron chi connectivity index (χ3n) is 4.40. The fraction of sp³-hybridized carbons (Fsp3) is 0.158. The molecule has 1 amide bonds. The number of rotatable bonds is 4. The van der Waals surface area contributed by atoms with Crippen LogP contribution in [0.3, 0.4) is 0 Å². The number of nitrogens with two attached hydrogens (primary N) is 1. The smallest absolute Gasteiger partial charge is 0.252 e. The molecule has 0 saturated carbocycles. The zero-order chi connectivity index (χ0) is 18.3. The molecule has 0 fully saturated rings. The first-order chi connectivity index (χ1) is 12.5. The van der Waals surface area contributed by atoms with E-state index in [1.165, 1.54) is 23.0 Å². The fourth-order valence-corrected chi connectivity index (χ4v) is 3.76. The van der Waals surface area contributed by atoms with Gasteiger partial charge in [-0.05, 0) is 42.0 Å². The van der Waals surface area contributed by atoms with Crippen LogP contribution in [-0.2, 0) is 6.42 Å². The van der Waals surface area contributed by atoms with Crippen LogP contribution in [0.4, 0.5) is 10.8 Å². The molecule has 26 heavy (non-hydrogen) atoms. The second kappa shape index (κ2) is 6.34. The number of thiazole rings is 1. The molecule has 4 rings (SSSR count). The zero-order valence-electron chi connectivity index (χ0n) is 14.1. The van der Waals surface area contributed by atoms with Crippen LogP contribution < -0.4 is 15.4 Å². The van der Waals surface area contributed by atoms with Crippen molar-refractivity contribution in [3.8, 4) is 22.8 Å². The van der Waals surface area contributed by atoms with E-state index in [2.05, 4.69) is 11.1 Å². The van der Waals surface area contributed by atoms with E-state index in [4.69, 9.17) is 10.5 Å². The molecule has 0 saturated heterocycles. The largest absolute Gasteiger partial charge is 0.507 e. The summed E-state index contributed by atoms with van der Waals surface area (Å²) in [6.07, 6.45) is 0.920. The fourth-order valence-electron chi connectivity index (χ4n) is 2.94. The number of hydrogen-bond acceptors (Lipinski definition) is 6. The summed E-state index contributed by atoms with van der Waals surface area (Å²) < 4.78 is 5.55. The molecule has 3 N–H and O–H groups in total. The van der Waals surface area contributed by atoms with E-state index in [0.29, 0.717) is 0 Å². The van der Waals surface area contributed by atoms with E-state index < -0.39 is 5.91 Å². The normalized spacial score (nSPS) is 12.5. The highest BCUT2D eigenvalue weighted by Gasteiger charge is 2.17. The van der Waals surface area contributed by atoms with Gasteiger partial charge >= 0.3 is 0 Å². The van der Waals surface area contributed by atoms with Gasteiger partial charge in [0.05, 0.1) is 17.9 Å². The molecule has 7 heteroatoms. The number of benzene rings is 2. The summed E-state index contributed by atoms with van der Waals surface area (Å²) in [5.41, 5.74) is 9.09. The maximum absolute atomic E-state index is 11.4. The Balaban J connectivity index is 1.64. The van der Waals surface area contributed by atoms with Gasteiger partial charge in [-0.25, -0.2) is 4.98 Å². The second-order valence-electron chi connectivity index (χ2n) is 6.06. The number of carbonyl (C=O) groups excluding carboxylic acids is 1. The van der Waals surface area contributed by atoms with Gasteiger partial charge in [0.2, 0.25) is 0 Å². The number of carbonyl (C=O) groups is 1. The van der Waals surface area contributed by atoms with Gasteiger partial charge < -0.3 is 20.5 Å². The van der Waals surface area contributed by atoms with E-state index in [-0.39, 0.29) is 11.3 Å². The maximum Gasteiger partial charge on any atom is 0.252 e. The van der Waals surface area contributed by atoms with E-state index >= 15 is 0 Å². The highest BCUT2D eigenvalue weighted by Crippen LogP contribution is 2.35. The van der Waals surface area contributed by atoms with E-state index in [1.54, 1.807) is 12.1 Å². The van der Waals surface area contributed by atoms with Crippen molar-refractivity contribution < 1.29 is 14.6 Å². The summed E-state index contributed by atoms with van der Waals surface area (Å²) in [6, 6.07) is 10.9. The third-order valence-corrected chi connectivity index (χ3v) is 5.31. The van der Waals surface area contributed by atoms with Crippen LogP contribution in [-0.4, -0.2) is 29.7 Å². The van der Waals surface area contributed by atoms with Crippen molar-refractivity contribution in [3.05, 3.63) is 52.9 Å². The molecular formula is C19H17N3O3S. The first-order valence-electron chi connectivity index (χ1n) is 8.11. The summed E-state index contributed by atoms with van der Waals surface area (Å²) in [5, 5.41) is 12.5. The Morgan fingerprint density at radius 2 is 2.15 bits per heavy atom. The van der Waals surface area contributed by atoms with Crippen molar-refractivity contribution in [2.24, 2.45) is 5.73 Å². The van der Waals surface area contributed by atoms with Crippen molar-refractivity contribution in [3.63, 3.8) is 0 Å². The molecule has 0 bridgehead atoms. The molecule has 2 heterocycles. The van der Waals surface area contributed by atoms with Gasteiger partial charge in [-0.1, -0.05) is 0 Å². The van der Waals surface area contributed by atoms with Crippen LogP contribution in [0.2, 0.25) is 0 Å². The lowest BCUT2D eigenvalue weighted by molar-refractivity contribution is 0.0998. The van der Waals surface area contributed by atoms with Crippen LogP contribution in [0.25, 0.3) is 11.3 Å². The summed E-state index contributed by atoms with van der Waals surface area (Å²) >= 11 is 1.50. The lowest BCUT2D eigenvalue weighted by atomic mass is 10.1. The molecule has 1 aliphatic rings. The van der Waals surface area contributed by atoms with Crippen LogP contribution in [0.15, 0.2) is 41.8 Å². The lowest BCUT2D eigenvalue weighted by Crippen LogP contribution is -2.11. The first-order valence-corrected chi connectivity index (χ1v) is 8.99. The van der Waals surface area contributed by atoms with Gasteiger partial charge in [0.15, 0.2) is 5.13 Å². The van der Waals surface area contributed by atoms with Crippen molar-refractivity contribution in [1.29, 1.82) is 0 Å². The topological polar surface area (TPSA) is 88.7 Å². The Morgan fingerprint density at radius 1 is 1.31 bits per heavy atom. The summed E-state index contributed by atoms with van der Waals surface area (Å²) in [5.74, 6) is 0.150. The number of amides is 1. The van der Waals surface area contributed by atoms with Crippen LogP contribution >= 0.6 is 11.3 Å². The standard InChI is InChI=1S/C19H17N3O3S/c1-22(13-3-5-17-12(8-13)6-7-25-17)19-21-15(10-26-19)11-2-4-16(23)14(9-11)18(20)24/h2-5,8-10,23H,6-7H2,1H3,(H2,20,24). The Hall–Kier alpha value is -3.06. The number of aromatic nitrogens is 1. The first kappa shape index (κ1) is 16.4. The number of ether oxygens (including phenoxy) is 1. The highest BCUT2D eigenvalue weighted by atomic mass is 32.1. The molecule has 3 aromatic rings. The minimum Gasteiger partial charge on any atom is -0.507 e. The van der Waals surface area contributed by atoms with Crippen LogP contribution in [0.1, 0.15) is 15.9 Å². The highest BCUT2D eigenvalue weighted by molar-refractivity contribution is 7.14. The number of anilines is 2. The molecule has 0 spiro atoms. The molecule has 132 valence electrons. The Labute approximate surface area is 154 Å². The lowest BCUT2D eigenvalue weighted by Gasteiger charge is -2.16. The summed E-state index contributed by atoms with van der Waals surface area (Å²) in [4.78, 5) is 18.1. The predicted molar refractivity (Wildman–Crippen MR) is 101 cm³/mol. The van der Waals surface area contributed by atoms with Gasteiger partial charge in [-0.15, -0.1) is 11.3 Å². The van der Waals surface area contributed by atoms with Crippen LogP contribution in [0, 0.1) is 0 Å². The number of nitrogens with zero attached hydrogens (tertiary/aromatic N) is 2. The van der Waals surface area contributed by atoms with Crippen molar-refractivity contribution >= 4 is 28.1 Å². The van der Waals surface area contributed by atoms with Gasteiger partial charge in [0.1, 0.15) is 11.5 Å². The molecular weight excluding hydrogens is 350 g/mol. The number of aromatic hydroxyl groups is 1. The number of hydrogen-bond donors (Lipinski definition) is 2. The Morgan fingerprint density at radius 3 is 2.96 bits per heavy atom. The Bertz CT molecular complexity index is 999. The molecule has 6 nitrogen and oxygen atoms in total. The number of fused-ring (bicyclic) bond motifs is 1. The molecule has 0 atom stereocenters. The molecule has 0 aliphatic carbocycles. The molecule has 2 aromatic carbocycles. The average molecular weight is 367 g/mol. The van der Waals surface area contributed by atoms with Crippen molar-refractivity contribution in [2.45, 2.75) is 6.42 Å². The minimum absolute atomic E-state index is 0.0871. The summed E-state index contributed by atoms with van der Waals surface area (Å²) in [7, 11) is 1.96. The molecule has 1 aromatic heterocycles. The van der Waals surface area contributed by atoms with E-state index in [9.17, 15) is 9.90 Å². The quantitative estimate of drug-likeness (QED) is 0.738. The van der Waals surface area contributed by atoms with Gasteiger partial charge in [-0.3, -0.25) is 4.79 Å². The molecule has 0 radical (unpaired) electrons. The van der Waals surface area contributed by atoms with Gasteiger partial charge in [0, 0.05) is 30.1 Å². The monoisotopic (exact) mass is 367 g/mol. The second-order valence-corrected chi connectivity index (χ2v) is 6.90. The third kappa shape index (κ3) is 2.86. The molecule has 0 unspecified atom stereocenters. The number of primary amides is 1. The van der Waals surface area contributed by atoms with E-state index in [0.717, 1.165) is 40.9 Å².